The number of likely N-dealkylation sites (tertiary alicyclic amines) is 1. The van der Waals surface area contributed by atoms with Crippen LogP contribution >= 0.6 is 0 Å². The largest absolute Gasteiger partial charge is 0.310 e. The maximum Gasteiger partial charge on any atom is 0.0209 e. The van der Waals surface area contributed by atoms with Crippen molar-refractivity contribution in [3.63, 3.8) is 0 Å². The highest BCUT2D eigenvalue weighted by Gasteiger charge is 2.27. The molecule has 0 bridgehead atoms. The lowest BCUT2D eigenvalue weighted by molar-refractivity contribution is 0.246. The van der Waals surface area contributed by atoms with Gasteiger partial charge in [0.1, 0.15) is 0 Å². The number of hydrogen-bond acceptors (Lipinski definition) is 2. The van der Waals surface area contributed by atoms with Gasteiger partial charge in [-0.25, -0.2) is 0 Å². The van der Waals surface area contributed by atoms with Crippen molar-refractivity contribution >= 4 is 0 Å². The summed E-state index contributed by atoms with van der Waals surface area (Å²) in [5.74, 6) is 1.02. The first-order chi connectivity index (χ1) is 8.19. The first kappa shape index (κ1) is 13.4. The predicted molar refractivity (Wildman–Crippen MR) is 74.3 cm³/mol. The van der Waals surface area contributed by atoms with Gasteiger partial charge in [-0.2, -0.15) is 0 Å². The van der Waals surface area contributed by atoms with Gasteiger partial charge in [0, 0.05) is 24.7 Å². The Kier molecular flexibility index (Phi) is 4.87. The standard InChI is InChI=1S/C15H30N2/c1-4-13-5-7-14(8-6-13)16-15-9-10-17(11-15)12(2)3/h12-16H,4-11H2,1-3H3. The number of nitrogens with zero attached hydrogens (tertiary/aromatic N) is 1. The summed E-state index contributed by atoms with van der Waals surface area (Å²) >= 11 is 0. The maximum atomic E-state index is 3.91. The van der Waals surface area contributed by atoms with Crippen molar-refractivity contribution in [3.05, 3.63) is 0 Å². The van der Waals surface area contributed by atoms with Crippen LogP contribution in [-0.4, -0.2) is 36.1 Å². The number of hydrogen-bond donors (Lipinski definition) is 1. The minimum atomic E-state index is 0.720. The molecule has 1 aliphatic heterocycles. The zero-order chi connectivity index (χ0) is 12.3. The summed E-state index contributed by atoms with van der Waals surface area (Å²) in [7, 11) is 0. The molecule has 0 aromatic carbocycles. The molecular formula is C15H30N2. The minimum absolute atomic E-state index is 0.720. The average molecular weight is 238 g/mol. The molecule has 2 aliphatic rings. The summed E-state index contributed by atoms with van der Waals surface area (Å²) in [6.45, 7) is 9.53. The van der Waals surface area contributed by atoms with E-state index in [4.69, 9.17) is 0 Å². The monoisotopic (exact) mass is 238 g/mol. The second kappa shape index (κ2) is 6.19. The molecule has 0 radical (unpaired) electrons. The highest BCUT2D eigenvalue weighted by atomic mass is 15.2. The van der Waals surface area contributed by atoms with Crippen LogP contribution < -0.4 is 5.32 Å². The molecule has 1 aliphatic carbocycles. The molecule has 1 saturated carbocycles. The Bertz CT molecular complexity index is 219. The Morgan fingerprint density at radius 1 is 1.06 bits per heavy atom. The fourth-order valence-corrected chi connectivity index (χ4v) is 3.46. The van der Waals surface area contributed by atoms with E-state index >= 15 is 0 Å². The van der Waals surface area contributed by atoms with Gasteiger partial charge in [-0.1, -0.05) is 13.3 Å². The summed E-state index contributed by atoms with van der Waals surface area (Å²) in [5.41, 5.74) is 0. The third kappa shape index (κ3) is 3.69. The van der Waals surface area contributed by atoms with E-state index in [2.05, 4.69) is 31.0 Å². The molecule has 0 spiro atoms. The lowest BCUT2D eigenvalue weighted by Crippen LogP contribution is -2.42. The zero-order valence-electron chi connectivity index (χ0n) is 11.9. The molecule has 2 rings (SSSR count). The molecule has 2 heteroatoms. The van der Waals surface area contributed by atoms with Gasteiger partial charge in [0.05, 0.1) is 0 Å². The molecule has 1 saturated heterocycles. The van der Waals surface area contributed by atoms with Crippen molar-refractivity contribution in [2.75, 3.05) is 13.1 Å². The molecule has 100 valence electrons. The summed E-state index contributed by atoms with van der Waals surface area (Å²) in [4.78, 5) is 2.61. The van der Waals surface area contributed by atoms with Gasteiger partial charge in [0.25, 0.3) is 0 Å². The van der Waals surface area contributed by atoms with E-state index in [0.29, 0.717) is 0 Å². The number of rotatable bonds is 4. The van der Waals surface area contributed by atoms with Gasteiger partial charge in [0.2, 0.25) is 0 Å². The fourth-order valence-electron chi connectivity index (χ4n) is 3.46. The predicted octanol–water partition coefficient (Wildman–Crippen LogP) is 3.03. The molecule has 2 fully saturated rings. The maximum absolute atomic E-state index is 3.91. The SMILES string of the molecule is CCC1CCC(NC2CCN(C(C)C)C2)CC1. The molecule has 0 aromatic heterocycles. The summed E-state index contributed by atoms with van der Waals surface area (Å²) in [6, 6.07) is 2.30. The van der Waals surface area contributed by atoms with Crippen molar-refractivity contribution in [1.29, 1.82) is 0 Å². The van der Waals surface area contributed by atoms with E-state index < -0.39 is 0 Å². The molecule has 0 amide bonds. The van der Waals surface area contributed by atoms with Crippen LogP contribution in [0.15, 0.2) is 0 Å². The van der Waals surface area contributed by atoms with E-state index in [-0.39, 0.29) is 0 Å². The van der Waals surface area contributed by atoms with Gasteiger partial charge in [0.15, 0.2) is 0 Å². The summed E-state index contributed by atoms with van der Waals surface area (Å²) in [5, 5.41) is 3.91. The van der Waals surface area contributed by atoms with Gasteiger partial charge >= 0.3 is 0 Å². The highest BCUT2D eigenvalue weighted by Crippen LogP contribution is 2.27. The Labute approximate surface area is 107 Å². The first-order valence-electron chi connectivity index (χ1n) is 7.69. The normalized spacial score (nSPS) is 35.6. The van der Waals surface area contributed by atoms with Crippen LogP contribution in [0, 0.1) is 5.92 Å². The smallest absolute Gasteiger partial charge is 0.0209 e. The van der Waals surface area contributed by atoms with Gasteiger partial charge in [-0.3, -0.25) is 4.90 Å². The minimum Gasteiger partial charge on any atom is -0.310 e. The molecule has 1 unspecified atom stereocenters. The van der Waals surface area contributed by atoms with Crippen LogP contribution in [-0.2, 0) is 0 Å². The van der Waals surface area contributed by atoms with Crippen LogP contribution in [0.1, 0.15) is 59.3 Å². The fraction of sp³-hybridized carbons (Fsp3) is 1.00. The van der Waals surface area contributed by atoms with E-state index in [9.17, 15) is 0 Å². The lowest BCUT2D eigenvalue weighted by Gasteiger charge is -2.31. The zero-order valence-corrected chi connectivity index (χ0v) is 11.9. The lowest BCUT2D eigenvalue weighted by atomic mass is 9.84. The third-order valence-corrected chi connectivity index (χ3v) is 4.85. The second-order valence-corrected chi connectivity index (χ2v) is 6.37. The topological polar surface area (TPSA) is 15.3 Å². The quantitative estimate of drug-likeness (QED) is 0.810. The van der Waals surface area contributed by atoms with Crippen molar-refractivity contribution < 1.29 is 0 Å². The summed E-state index contributed by atoms with van der Waals surface area (Å²) in [6.07, 6.45) is 8.47. The van der Waals surface area contributed by atoms with E-state index in [1.54, 1.807) is 0 Å². The highest BCUT2D eigenvalue weighted by molar-refractivity contribution is 4.87. The molecule has 2 nitrogen and oxygen atoms in total. The molecule has 1 N–H and O–H groups in total. The third-order valence-electron chi connectivity index (χ3n) is 4.85. The van der Waals surface area contributed by atoms with Gasteiger partial charge in [-0.05, 0) is 58.4 Å². The Balaban J connectivity index is 1.69. The van der Waals surface area contributed by atoms with Crippen molar-refractivity contribution in [2.45, 2.75) is 77.4 Å². The Morgan fingerprint density at radius 3 is 2.29 bits per heavy atom. The van der Waals surface area contributed by atoms with Gasteiger partial charge in [-0.15, -0.1) is 0 Å². The van der Waals surface area contributed by atoms with Gasteiger partial charge < -0.3 is 5.32 Å². The average Bonchev–Trinajstić information content (AvgIpc) is 2.79. The van der Waals surface area contributed by atoms with Crippen LogP contribution in [0.25, 0.3) is 0 Å². The molecule has 17 heavy (non-hydrogen) atoms. The molecule has 1 atom stereocenters. The van der Waals surface area contributed by atoms with Crippen LogP contribution in [0.4, 0.5) is 0 Å². The van der Waals surface area contributed by atoms with E-state index in [1.807, 2.05) is 0 Å². The molecular weight excluding hydrogens is 208 g/mol. The van der Waals surface area contributed by atoms with Crippen molar-refractivity contribution in [3.8, 4) is 0 Å². The van der Waals surface area contributed by atoms with Crippen LogP contribution in [0.5, 0.6) is 0 Å². The van der Waals surface area contributed by atoms with Crippen molar-refractivity contribution in [2.24, 2.45) is 5.92 Å². The Morgan fingerprint density at radius 2 is 1.76 bits per heavy atom. The number of nitrogens with one attached hydrogen (secondary N) is 1. The van der Waals surface area contributed by atoms with E-state index in [1.165, 1.54) is 51.6 Å². The van der Waals surface area contributed by atoms with Crippen molar-refractivity contribution in [1.82, 2.24) is 10.2 Å². The van der Waals surface area contributed by atoms with E-state index in [0.717, 1.165) is 24.0 Å². The Hall–Kier alpha value is -0.0800. The van der Waals surface area contributed by atoms with Crippen LogP contribution in [0.3, 0.4) is 0 Å². The van der Waals surface area contributed by atoms with Crippen LogP contribution in [0.2, 0.25) is 0 Å². The second-order valence-electron chi connectivity index (χ2n) is 6.37. The first-order valence-corrected chi connectivity index (χ1v) is 7.69. The molecule has 1 heterocycles. The molecule has 0 aromatic rings. The summed E-state index contributed by atoms with van der Waals surface area (Å²) < 4.78 is 0.